The number of rotatable bonds is 3. The molecule has 14 heavy (non-hydrogen) atoms. The van der Waals surface area contributed by atoms with Gasteiger partial charge in [-0.05, 0) is 25.7 Å². The number of nitrogens with zero attached hydrogens (tertiary/aromatic N) is 1. The van der Waals surface area contributed by atoms with E-state index in [1.807, 2.05) is 0 Å². The minimum absolute atomic E-state index is 0.773. The summed E-state index contributed by atoms with van der Waals surface area (Å²) in [5.41, 5.74) is 0. The molecule has 3 heterocycles. The van der Waals surface area contributed by atoms with E-state index in [2.05, 4.69) is 31.0 Å². The van der Waals surface area contributed by atoms with E-state index in [0.29, 0.717) is 0 Å². The molecule has 2 nitrogen and oxygen atoms in total. The number of piperidine rings is 2. The zero-order valence-corrected chi connectivity index (χ0v) is 9.79. The summed E-state index contributed by atoms with van der Waals surface area (Å²) in [5.74, 6) is 0.842. The highest BCUT2D eigenvalue weighted by Crippen LogP contribution is 2.27. The molecule has 0 amide bonds. The lowest BCUT2D eigenvalue weighted by Crippen LogP contribution is -2.63. The predicted octanol–water partition coefficient (Wildman–Crippen LogP) is 1.86. The van der Waals surface area contributed by atoms with Crippen LogP contribution in [0.25, 0.3) is 0 Å². The van der Waals surface area contributed by atoms with Crippen LogP contribution in [0.3, 0.4) is 0 Å². The fourth-order valence-electron chi connectivity index (χ4n) is 2.91. The van der Waals surface area contributed by atoms with Gasteiger partial charge in [0.1, 0.15) is 0 Å². The molecule has 3 fully saturated rings. The molecule has 4 atom stereocenters. The van der Waals surface area contributed by atoms with E-state index in [0.717, 1.165) is 24.0 Å². The first kappa shape index (κ1) is 10.4. The smallest absolute Gasteiger partial charge is 0.0224 e. The predicted molar refractivity (Wildman–Crippen MR) is 60.4 cm³/mol. The van der Waals surface area contributed by atoms with Gasteiger partial charge >= 0.3 is 0 Å². The highest BCUT2D eigenvalue weighted by Gasteiger charge is 2.36. The first-order valence-electron chi connectivity index (χ1n) is 6.21. The third-order valence-corrected chi connectivity index (χ3v) is 4.38. The molecule has 2 heteroatoms. The van der Waals surface area contributed by atoms with E-state index in [9.17, 15) is 0 Å². The van der Waals surface area contributed by atoms with Crippen molar-refractivity contribution in [2.24, 2.45) is 5.92 Å². The molecule has 3 aliphatic heterocycles. The highest BCUT2D eigenvalue weighted by atomic mass is 15.3. The molecule has 0 aromatic heterocycles. The van der Waals surface area contributed by atoms with Crippen molar-refractivity contribution >= 4 is 0 Å². The van der Waals surface area contributed by atoms with Gasteiger partial charge in [0.15, 0.2) is 0 Å². The van der Waals surface area contributed by atoms with Crippen LogP contribution in [0.15, 0.2) is 0 Å². The molecular formula is C12H24N2. The minimum Gasteiger partial charge on any atom is -0.311 e. The first-order valence-corrected chi connectivity index (χ1v) is 6.21. The Morgan fingerprint density at radius 3 is 2.57 bits per heavy atom. The average Bonchev–Trinajstić information content (AvgIpc) is 2.28. The topological polar surface area (TPSA) is 15.3 Å². The second-order valence-corrected chi connectivity index (χ2v) is 5.16. The van der Waals surface area contributed by atoms with E-state index in [-0.39, 0.29) is 0 Å². The Bertz CT molecular complexity index is 185. The third kappa shape index (κ3) is 1.82. The van der Waals surface area contributed by atoms with Gasteiger partial charge in [0.2, 0.25) is 0 Å². The Morgan fingerprint density at radius 2 is 2.14 bits per heavy atom. The molecule has 1 N–H and O–H groups in total. The van der Waals surface area contributed by atoms with Crippen LogP contribution in [0.2, 0.25) is 0 Å². The maximum atomic E-state index is 3.62. The van der Waals surface area contributed by atoms with Crippen molar-refractivity contribution in [1.82, 2.24) is 10.2 Å². The minimum atomic E-state index is 0.773. The molecule has 82 valence electrons. The zero-order chi connectivity index (χ0) is 10.1. The Labute approximate surface area is 88.1 Å². The number of hydrogen-bond acceptors (Lipinski definition) is 2. The molecule has 0 aliphatic carbocycles. The van der Waals surface area contributed by atoms with E-state index in [1.54, 1.807) is 0 Å². The lowest BCUT2D eigenvalue weighted by Gasteiger charge is -2.50. The Hall–Kier alpha value is -0.0800. The van der Waals surface area contributed by atoms with Crippen LogP contribution in [0, 0.1) is 5.92 Å². The van der Waals surface area contributed by atoms with Crippen molar-refractivity contribution < 1.29 is 0 Å². The van der Waals surface area contributed by atoms with Crippen molar-refractivity contribution in [3.8, 4) is 0 Å². The first-order chi connectivity index (χ1) is 6.72. The van der Waals surface area contributed by atoms with Crippen LogP contribution in [0.1, 0.15) is 40.0 Å². The third-order valence-electron chi connectivity index (χ3n) is 4.38. The summed E-state index contributed by atoms with van der Waals surface area (Å²) in [6.45, 7) is 9.62. The van der Waals surface area contributed by atoms with Gasteiger partial charge in [-0.3, -0.25) is 4.90 Å². The van der Waals surface area contributed by atoms with Gasteiger partial charge in [0.05, 0.1) is 0 Å². The number of nitrogens with one attached hydrogen (secondary N) is 1. The fraction of sp³-hybridized carbons (Fsp3) is 1.00. The maximum absolute atomic E-state index is 3.62. The lowest BCUT2D eigenvalue weighted by atomic mass is 9.88. The largest absolute Gasteiger partial charge is 0.311 e. The molecule has 3 aliphatic rings. The zero-order valence-electron chi connectivity index (χ0n) is 9.79. The molecule has 3 rings (SSSR count). The van der Waals surface area contributed by atoms with E-state index in [4.69, 9.17) is 0 Å². The van der Waals surface area contributed by atoms with Crippen molar-refractivity contribution in [1.29, 1.82) is 0 Å². The van der Waals surface area contributed by atoms with E-state index < -0.39 is 0 Å². The molecule has 0 radical (unpaired) electrons. The molecule has 2 bridgehead atoms. The van der Waals surface area contributed by atoms with Gasteiger partial charge in [-0.25, -0.2) is 0 Å². The van der Waals surface area contributed by atoms with Crippen LogP contribution >= 0.6 is 0 Å². The molecule has 4 unspecified atom stereocenters. The Kier molecular flexibility index (Phi) is 3.13. The Balaban J connectivity index is 1.97. The van der Waals surface area contributed by atoms with Crippen LogP contribution < -0.4 is 5.32 Å². The van der Waals surface area contributed by atoms with Gasteiger partial charge in [0, 0.05) is 31.2 Å². The maximum Gasteiger partial charge on any atom is 0.0224 e. The van der Waals surface area contributed by atoms with E-state index in [1.165, 1.54) is 32.4 Å². The molecule has 0 spiro atoms. The monoisotopic (exact) mass is 196 g/mol. The molecular weight excluding hydrogens is 172 g/mol. The standard InChI is InChI=1S/C12H24N2/c1-4-9(2)10(3)14-8-11-5-6-12(14)7-13-11/h9-13H,4-8H2,1-3H3. The summed E-state index contributed by atoms with van der Waals surface area (Å²) in [7, 11) is 0. The molecule has 0 aromatic carbocycles. The SMILES string of the molecule is CCC(C)C(C)N1CC2CCC1CN2. The van der Waals surface area contributed by atoms with Crippen LogP contribution in [-0.4, -0.2) is 36.1 Å². The van der Waals surface area contributed by atoms with Crippen molar-refractivity contribution in [2.45, 2.75) is 58.2 Å². The summed E-state index contributed by atoms with van der Waals surface area (Å²) in [4.78, 5) is 2.75. The average molecular weight is 196 g/mol. The van der Waals surface area contributed by atoms with Gasteiger partial charge in [-0.2, -0.15) is 0 Å². The highest BCUT2D eigenvalue weighted by molar-refractivity contribution is 4.95. The lowest BCUT2D eigenvalue weighted by molar-refractivity contribution is 0.0229. The van der Waals surface area contributed by atoms with Crippen LogP contribution in [-0.2, 0) is 0 Å². The Morgan fingerprint density at radius 1 is 1.36 bits per heavy atom. The second-order valence-electron chi connectivity index (χ2n) is 5.16. The molecule has 0 aromatic rings. The second kappa shape index (κ2) is 4.19. The normalized spacial score (nSPS) is 37.1. The summed E-state index contributed by atoms with van der Waals surface area (Å²) in [5, 5.41) is 3.62. The van der Waals surface area contributed by atoms with Gasteiger partial charge in [-0.1, -0.05) is 20.3 Å². The number of fused-ring (bicyclic) bond motifs is 3. The van der Waals surface area contributed by atoms with Gasteiger partial charge < -0.3 is 5.32 Å². The summed E-state index contributed by atoms with van der Waals surface area (Å²) in [6.07, 6.45) is 4.12. The summed E-state index contributed by atoms with van der Waals surface area (Å²) < 4.78 is 0. The summed E-state index contributed by atoms with van der Waals surface area (Å²) in [6, 6.07) is 2.38. The molecule has 3 saturated heterocycles. The quantitative estimate of drug-likeness (QED) is 0.741. The van der Waals surface area contributed by atoms with E-state index >= 15 is 0 Å². The van der Waals surface area contributed by atoms with Gasteiger partial charge in [-0.15, -0.1) is 0 Å². The molecule has 0 saturated carbocycles. The van der Waals surface area contributed by atoms with Gasteiger partial charge in [0.25, 0.3) is 0 Å². The van der Waals surface area contributed by atoms with Crippen molar-refractivity contribution in [2.75, 3.05) is 13.1 Å². The number of hydrogen-bond donors (Lipinski definition) is 1. The van der Waals surface area contributed by atoms with Crippen LogP contribution in [0.4, 0.5) is 0 Å². The summed E-state index contributed by atoms with van der Waals surface area (Å²) >= 11 is 0. The van der Waals surface area contributed by atoms with Crippen molar-refractivity contribution in [3.63, 3.8) is 0 Å². The number of piperazine rings is 1. The van der Waals surface area contributed by atoms with Crippen molar-refractivity contribution in [3.05, 3.63) is 0 Å². The fourth-order valence-corrected chi connectivity index (χ4v) is 2.91. The van der Waals surface area contributed by atoms with Crippen LogP contribution in [0.5, 0.6) is 0 Å².